The zero-order chi connectivity index (χ0) is 17.3. The Kier molecular flexibility index (Phi) is 4.61. The van der Waals surface area contributed by atoms with E-state index in [9.17, 15) is 13.6 Å². The third kappa shape index (κ3) is 3.98. The molecule has 1 aromatic heterocycles. The summed E-state index contributed by atoms with van der Waals surface area (Å²) in [6.45, 7) is 5.10. The Morgan fingerprint density at radius 3 is 2.74 bits per heavy atom. The zero-order valence-corrected chi connectivity index (χ0v) is 13.5. The van der Waals surface area contributed by atoms with E-state index in [1.54, 1.807) is 20.8 Å². The normalized spacial score (nSPS) is 21.0. The highest BCUT2D eigenvalue weighted by Gasteiger charge is 2.40. The zero-order valence-electron chi connectivity index (χ0n) is 12.8. The monoisotopic (exact) mass is 343 g/mol. The van der Waals surface area contributed by atoms with Gasteiger partial charge in [0.15, 0.2) is 10.9 Å². The van der Waals surface area contributed by atoms with Crippen LogP contribution in [0.3, 0.4) is 0 Å². The molecule has 1 atom stereocenters. The number of allylic oxidation sites excluding steroid dienone is 2. The molecule has 1 aliphatic heterocycles. The van der Waals surface area contributed by atoms with Crippen LogP contribution in [0.25, 0.3) is 0 Å². The van der Waals surface area contributed by atoms with Gasteiger partial charge in [-0.1, -0.05) is 11.6 Å². The Labute approximate surface area is 137 Å². The minimum Gasteiger partial charge on any atom is -0.444 e. The van der Waals surface area contributed by atoms with Crippen molar-refractivity contribution in [1.82, 2.24) is 10.3 Å². The molecule has 2 N–H and O–H groups in total. The average molecular weight is 344 g/mol. The van der Waals surface area contributed by atoms with Crippen LogP contribution in [0.1, 0.15) is 26.3 Å². The number of alkyl halides is 1. The molecule has 0 aromatic carbocycles. The summed E-state index contributed by atoms with van der Waals surface area (Å²) in [4.78, 5) is 13.8. The van der Waals surface area contributed by atoms with Crippen LogP contribution in [0, 0.1) is 0 Å². The van der Waals surface area contributed by atoms with E-state index in [1.807, 2.05) is 0 Å². The van der Waals surface area contributed by atoms with E-state index in [0.717, 1.165) is 12.2 Å². The smallest absolute Gasteiger partial charge is 0.412 e. The minimum atomic E-state index is -1.98. The number of carbonyl (C=O) groups excluding carboxylic acids is 1. The van der Waals surface area contributed by atoms with Crippen molar-refractivity contribution in [3.63, 3.8) is 0 Å². The molecule has 0 radical (unpaired) electrons. The largest absolute Gasteiger partial charge is 0.444 e. The van der Waals surface area contributed by atoms with Crippen LogP contribution in [0.4, 0.5) is 19.3 Å². The standard InChI is InChI=1S/C15H16ClF2N3O2/c1-14(2,3)23-13(22)20-10-8-19-7-6-9(10)15(16)11(17)4-5-12(18)21-15/h4-8,21H,1-3H3,(H,20,22). The number of nitrogens with zero attached hydrogens (tertiary/aromatic N) is 1. The first-order valence-corrected chi connectivity index (χ1v) is 7.15. The lowest BCUT2D eigenvalue weighted by atomic mass is 10.0. The Morgan fingerprint density at radius 1 is 1.39 bits per heavy atom. The number of rotatable bonds is 2. The molecule has 23 heavy (non-hydrogen) atoms. The van der Waals surface area contributed by atoms with Crippen molar-refractivity contribution in [3.05, 3.63) is 48.0 Å². The van der Waals surface area contributed by atoms with Gasteiger partial charge in [0.2, 0.25) is 0 Å². The van der Waals surface area contributed by atoms with E-state index in [-0.39, 0.29) is 11.3 Å². The van der Waals surface area contributed by atoms with Crippen LogP contribution in [0.2, 0.25) is 0 Å². The van der Waals surface area contributed by atoms with Crippen molar-refractivity contribution in [1.29, 1.82) is 0 Å². The summed E-state index contributed by atoms with van der Waals surface area (Å²) >= 11 is 6.21. The van der Waals surface area contributed by atoms with Crippen molar-refractivity contribution in [3.8, 4) is 0 Å². The molecular weight excluding hydrogens is 328 g/mol. The van der Waals surface area contributed by atoms with Gasteiger partial charge in [-0.15, -0.1) is 0 Å². The second-order valence-corrected chi connectivity index (χ2v) is 6.43. The third-order valence-electron chi connectivity index (χ3n) is 2.82. The summed E-state index contributed by atoms with van der Waals surface area (Å²) in [5, 5.41) is 4.66. The second kappa shape index (κ2) is 6.16. The summed E-state index contributed by atoms with van der Waals surface area (Å²) < 4.78 is 32.8. The molecule has 0 aliphatic carbocycles. The first-order chi connectivity index (χ1) is 10.6. The fraction of sp³-hybridized carbons (Fsp3) is 0.333. The molecular formula is C15H16ClF2N3O2. The minimum absolute atomic E-state index is 0.0945. The molecule has 1 aromatic rings. The fourth-order valence-corrected chi connectivity index (χ4v) is 2.25. The van der Waals surface area contributed by atoms with Crippen LogP contribution in [-0.4, -0.2) is 16.7 Å². The number of pyridine rings is 1. The maximum Gasteiger partial charge on any atom is 0.412 e. The predicted molar refractivity (Wildman–Crippen MR) is 83.1 cm³/mol. The topological polar surface area (TPSA) is 63.2 Å². The molecule has 2 heterocycles. The number of halogens is 3. The van der Waals surface area contributed by atoms with E-state index in [4.69, 9.17) is 16.3 Å². The summed E-state index contributed by atoms with van der Waals surface area (Å²) in [7, 11) is 0. The summed E-state index contributed by atoms with van der Waals surface area (Å²) in [6.07, 6.45) is 3.69. The molecule has 8 heteroatoms. The van der Waals surface area contributed by atoms with Gasteiger partial charge in [0, 0.05) is 11.8 Å². The van der Waals surface area contributed by atoms with Crippen molar-refractivity contribution < 1.29 is 18.3 Å². The lowest BCUT2D eigenvalue weighted by molar-refractivity contribution is 0.0635. The highest BCUT2D eigenvalue weighted by Crippen LogP contribution is 2.41. The number of anilines is 1. The van der Waals surface area contributed by atoms with Crippen molar-refractivity contribution in [2.75, 3.05) is 5.32 Å². The quantitative estimate of drug-likeness (QED) is 0.627. The Hall–Kier alpha value is -2.15. The van der Waals surface area contributed by atoms with Gasteiger partial charge >= 0.3 is 6.09 Å². The van der Waals surface area contributed by atoms with Gasteiger partial charge in [0.1, 0.15) is 11.4 Å². The number of aromatic nitrogens is 1. The number of nitrogens with one attached hydrogen (secondary N) is 2. The Bertz CT molecular complexity index is 686. The maximum absolute atomic E-state index is 14.2. The number of hydrogen-bond acceptors (Lipinski definition) is 4. The number of carbonyl (C=O) groups is 1. The Balaban J connectivity index is 2.33. The summed E-state index contributed by atoms with van der Waals surface area (Å²) in [5.41, 5.74) is -0.520. The number of ether oxygens (including phenoxy) is 1. The van der Waals surface area contributed by atoms with E-state index < -0.39 is 28.5 Å². The first kappa shape index (κ1) is 17.2. The maximum atomic E-state index is 14.2. The van der Waals surface area contributed by atoms with Gasteiger partial charge in [-0.25, -0.2) is 9.18 Å². The molecule has 1 amide bonds. The molecule has 0 spiro atoms. The van der Waals surface area contributed by atoms with Gasteiger partial charge in [-0.2, -0.15) is 4.39 Å². The molecule has 1 aliphatic rings. The second-order valence-electron chi connectivity index (χ2n) is 5.86. The molecule has 0 fully saturated rings. The van der Waals surface area contributed by atoms with Gasteiger partial charge < -0.3 is 10.1 Å². The highest BCUT2D eigenvalue weighted by atomic mass is 35.5. The first-order valence-electron chi connectivity index (χ1n) is 6.77. The molecule has 0 saturated heterocycles. The van der Waals surface area contributed by atoms with Crippen LogP contribution >= 0.6 is 11.6 Å². The fourth-order valence-electron chi connectivity index (χ4n) is 1.93. The van der Waals surface area contributed by atoms with Crippen LogP contribution < -0.4 is 10.6 Å². The van der Waals surface area contributed by atoms with Crippen LogP contribution in [0.15, 0.2) is 42.4 Å². The molecule has 1 unspecified atom stereocenters. The van der Waals surface area contributed by atoms with Gasteiger partial charge in [-0.3, -0.25) is 10.3 Å². The van der Waals surface area contributed by atoms with Gasteiger partial charge in [0.25, 0.3) is 0 Å². The van der Waals surface area contributed by atoms with Crippen molar-refractivity contribution >= 4 is 23.4 Å². The Morgan fingerprint density at radius 2 is 2.09 bits per heavy atom. The lowest BCUT2D eigenvalue weighted by Crippen LogP contribution is -2.39. The van der Waals surface area contributed by atoms with E-state index in [1.165, 1.54) is 18.5 Å². The van der Waals surface area contributed by atoms with Crippen molar-refractivity contribution in [2.45, 2.75) is 31.4 Å². The van der Waals surface area contributed by atoms with Gasteiger partial charge in [0.05, 0.1) is 11.9 Å². The SMILES string of the molecule is CC(C)(C)OC(=O)Nc1cnccc1C1(Cl)NC(F)=CC=C1F. The highest BCUT2D eigenvalue weighted by molar-refractivity contribution is 6.26. The molecule has 5 nitrogen and oxygen atoms in total. The third-order valence-corrected chi connectivity index (χ3v) is 3.30. The molecule has 2 rings (SSSR count). The number of dihydropyridines is 1. The summed E-state index contributed by atoms with van der Waals surface area (Å²) in [5.74, 6) is -1.62. The van der Waals surface area contributed by atoms with E-state index in [0.29, 0.717) is 0 Å². The lowest BCUT2D eigenvalue weighted by Gasteiger charge is -2.31. The molecule has 0 bridgehead atoms. The van der Waals surface area contributed by atoms with Crippen LogP contribution in [-0.2, 0) is 9.73 Å². The molecule has 0 saturated carbocycles. The van der Waals surface area contributed by atoms with E-state index >= 15 is 0 Å². The predicted octanol–water partition coefficient (Wildman–Crippen LogP) is 4.09. The number of hydrogen-bond donors (Lipinski definition) is 2. The summed E-state index contributed by atoms with van der Waals surface area (Å²) in [6, 6.07) is 1.37. The number of amides is 1. The molecule has 124 valence electrons. The van der Waals surface area contributed by atoms with E-state index in [2.05, 4.69) is 15.6 Å². The average Bonchev–Trinajstić information content (AvgIpc) is 2.41. The van der Waals surface area contributed by atoms with Gasteiger partial charge in [-0.05, 0) is 39.0 Å². The van der Waals surface area contributed by atoms with Crippen LogP contribution in [0.5, 0.6) is 0 Å². The van der Waals surface area contributed by atoms with Crippen molar-refractivity contribution in [2.24, 2.45) is 0 Å².